The number of piperazine rings is 1. The largest absolute Gasteiger partial charge is 0.380 e. The summed E-state index contributed by atoms with van der Waals surface area (Å²) in [5.74, 6) is 1.43. The molecule has 1 saturated heterocycles. The van der Waals surface area contributed by atoms with Crippen LogP contribution in [0.1, 0.15) is 34.1 Å². The fourth-order valence-electron chi connectivity index (χ4n) is 2.34. The first kappa shape index (κ1) is 14.9. The van der Waals surface area contributed by atoms with Gasteiger partial charge in [-0.3, -0.25) is 4.90 Å². The molecule has 1 unspecified atom stereocenters. The lowest BCUT2D eigenvalue weighted by molar-refractivity contribution is 0.0748. The monoisotopic (exact) mass is 242 g/mol. The lowest BCUT2D eigenvalue weighted by atomic mass is 10.0. The van der Waals surface area contributed by atoms with E-state index in [2.05, 4.69) is 37.9 Å². The van der Waals surface area contributed by atoms with E-state index >= 15 is 0 Å². The summed E-state index contributed by atoms with van der Waals surface area (Å²) in [6.45, 7) is 15.3. The average Bonchev–Trinajstić information content (AvgIpc) is 2.24. The fourth-order valence-corrected chi connectivity index (χ4v) is 2.34. The molecule has 0 amide bonds. The van der Waals surface area contributed by atoms with E-state index in [1.165, 1.54) is 19.5 Å². The number of rotatable bonds is 7. The minimum Gasteiger partial charge on any atom is -0.380 e. The molecule has 1 rings (SSSR count). The standard InChI is InChI=1S/C14H30N2O/c1-12(2)9-14-10-16(6-5-15-14)7-8-17-11-13(3)4/h12-15H,5-11H2,1-4H3. The van der Waals surface area contributed by atoms with Crippen molar-refractivity contribution >= 4 is 0 Å². The third-order valence-corrected chi connectivity index (χ3v) is 3.10. The molecule has 3 heteroatoms. The molecule has 102 valence electrons. The third-order valence-electron chi connectivity index (χ3n) is 3.10. The molecule has 0 aliphatic carbocycles. The van der Waals surface area contributed by atoms with Crippen LogP contribution in [0.5, 0.6) is 0 Å². The molecule has 17 heavy (non-hydrogen) atoms. The van der Waals surface area contributed by atoms with Gasteiger partial charge in [0.05, 0.1) is 6.61 Å². The van der Waals surface area contributed by atoms with E-state index in [0.29, 0.717) is 12.0 Å². The van der Waals surface area contributed by atoms with Crippen molar-refractivity contribution in [2.75, 3.05) is 39.4 Å². The van der Waals surface area contributed by atoms with Gasteiger partial charge in [0.1, 0.15) is 0 Å². The highest BCUT2D eigenvalue weighted by Crippen LogP contribution is 2.09. The summed E-state index contributed by atoms with van der Waals surface area (Å²) in [6.07, 6.45) is 1.28. The summed E-state index contributed by atoms with van der Waals surface area (Å²) < 4.78 is 5.65. The molecule has 0 saturated carbocycles. The van der Waals surface area contributed by atoms with Crippen LogP contribution in [0.3, 0.4) is 0 Å². The van der Waals surface area contributed by atoms with Crippen LogP contribution in [-0.2, 0) is 4.74 Å². The van der Waals surface area contributed by atoms with E-state index < -0.39 is 0 Å². The summed E-state index contributed by atoms with van der Waals surface area (Å²) >= 11 is 0. The van der Waals surface area contributed by atoms with Gasteiger partial charge in [0.25, 0.3) is 0 Å². The number of ether oxygens (including phenoxy) is 1. The van der Waals surface area contributed by atoms with Gasteiger partial charge < -0.3 is 10.1 Å². The molecular weight excluding hydrogens is 212 g/mol. The van der Waals surface area contributed by atoms with Crippen molar-refractivity contribution in [2.45, 2.75) is 40.2 Å². The van der Waals surface area contributed by atoms with Gasteiger partial charge in [0, 0.05) is 38.8 Å². The summed E-state index contributed by atoms with van der Waals surface area (Å²) in [7, 11) is 0. The van der Waals surface area contributed by atoms with Crippen LogP contribution in [0.25, 0.3) is 0 Å². The molecule has 0 aromatic heterocycles. The van der Waals surface area contributed by atoms with E-state index in [9.17, 15) is 0 Å². The minimum absolute atomic E-state index is 0.645. The van der Waals surface area contributed by atoms with E-state index in [0.717, 1.165) is 32.2 Å². The number of hydrogen-bond donors (Lipinski definition) is 1. The maximum atomic E-state index is 5.65. The molecular formula is C14H30N2O. The molecule has 0 spiro atoms. The SMILES string of the molecule is CC(C)COCCN1CCNC(CC(C)C)C1. The topological polar surface area (TPSA) is 24.5 Å². The van der Waals surface area contributed by atoms with Crippen molar-refractivity contribution in [3.05, 3.63) is 0 Å². The summed E-state index contributed by atoms with van der Waals surface area (Å²) in [5.41, 5.74) is 0. The Morgan fingerprint density at radius 3 is 2.65 bits per heavy atom. The van der Waals surface area contributed by atoms with Crippen LogP contribution in [0.4, 0.5) is 0 Å². The van der Waals surface area contributed by atoms with Crippen molar-refractivity contribution in [1.82, 2.24) is 10.2 Å². The van der Waals surface area contributed by atoms with Gasteiger partial charge in [0.15, 0.2) is 0 Å². The Morgan fingerprint density at radius 1 is 1.24 bits per heavy atom. The first-order valence-corrected chi connectivity index (χ1v) is 7.11. The molecule has 0 bridgehead atoms. The molecule has 1 fully saturated rings. The predicted molar refractivity (Wildman–Crippen MR) is 73.3 cm³/mol. The summed E-state index contributed by atoms with van der Waals surface area (Å²) in [5, 5.41) is 3.61. The number of hydrogen-bond acceptors (Lipinski definition) is 3. The van der Waals surface area contributed by atoms with E-state index in [1.54, 1.807) is 0 Å². The van der Waals surface area contributed by atoms with Gasteiger partial charge in [-0.2, -0.15) is 0 Å². The number of nitrogens with zero attached hydrogens (tertiary/aromatic N) is 1. The zero-order valence-corrected chi connectivity index (χ0v) is 12.0. The molecule has 1 N–H and O–H groups in total. The van der Waals surface area contributed by atoms with E-state index in [1.807, 2.05) is 0 Å². The molecule has 3 nitrogen and oxygen atoms in total. The Balaban J connectivity index is 2.12. The second-order valence-corrected chi connectivity index (χ2v) is 6.05. The predicted octanol–water partition coefficient (Wildman–Crippen LogP) is 1.98. The molecule has 1 heterocycles. The molecule has 0 radical (unpaired) electrons. The molecule has 0 aromatic rings. The second-order valence-electron chi connectivity index (χ2n) is 6.05. The van der Waals surface area contributed by atoms with Crippen LogP contribution >= 0.6 is 0 Å². The zero-order valence-electron chi connectivity index (χ0n) is 12.0. The quantitative estimate of drug-likeness (QED) is 0.691. The molecule has 1 aliphatic rings. The van der Waals surface area contributed by atoms with Crippen LogP contribution in [-0.4, -0.2) is 50.3 Å². The third kappa shape index (κ3) is 7.02. The molecule has 0 aromatic carbocycles. The van der Waals surface area contributed by atoms with Crippen molar-refractivity contribution in [3.63, 3.8) is 0 Å². The van der Waals surface area contributed by atoms with Crippen molar-refractivity contribution in [1.29, 1.82) is 0 Å². The Kier molecular flexibility index (Phi) is 7.09. The van der Waals surface area contributed by atoms with Crippen LogP contribution in [0, 0.1) is 11.8 Å². The smallest absolute Gasteiger partial charge is 0.0593 e. The van der Waals surface area contributed by atoms with Gasteiger partial charge in [-0.15, -0.1) is 0 Å². The fraction of sp³-hybridized carbons (Fsp3) is 1.00. The Morgan fingerprint density at radius 2 is 2.00 bits per heavy atom. The van der Waals surface area contributed by atoms with Gasteiger partial charge in [-0.1, -0.05) is 27.7 Å². The molecule has 1 aliphatic heterocycles. The van der Waals surface area contributed by atoms with Gasteiger partial charge in [-0.25, -0.2) is 0 Å². The maximum absolute atomic E-state index is 5.65. The minimum atomic E-state index is 0.645. The van der Waals surface area contributed by atoms with E-state index in [-0.39, 0.29) is 0 Å². The molecule has 1 atom stereocenters. The van der Waals surface area contributed by atoms with Crippen molar-refractivity contribution in [2.24, 2.45) is 11.8 Å². The highest BCUT2D eigenvalue weighted by atomic mass is 16.5. The summed E-state index contributed by atoms with van der Waals surface area (Å²) in [6, 6.07) is 0.675. The second kappa shape index (κ2) is 8.06. The van der Waals surface area contributed by atoms with Crippen LogP contribution < -0.4 is 5.32 Å². The van der Waals surface area contributed by atoms with Gasteiger partial charge in [0.2, 0.25) is 0 Å². The Labute approximate surface area is 107 Å². The van der Waals surface area contributed by atoms with Gasteiger partial charge in [-0.05, 0) is 18.3 Å². The highest BCUT2D eigenvalue weighted by Gasteiger charge is 2.19. The first-order valence-electron chi connectivity index (χ1n) is 7.11. The summed E-state index contributed by atoms with van der Waals surface area (Å²) in [4.78, 5) is 2.53. The maximum Gasteiger partial charge on any atom is 0.0593 e. The first-order chi connectivity index (χ1) is 8.08. The van der Waals surface area contributed by atoms with E-state index in [4.69, 9.17) is 4.74 Å². The van der Waals surface area contributed by atoms with Crippen molar-refractivity contribution in [3.8, 4) is 0 Å². The normalized spacial score (nSPS) is 22.6. The van der Waals surface area contributed by atoms with Crippen LogP contribution in [0.2, 0.25) is 0 Å². The van der Waals surface area contributed by atoms with Crippen LogP contribution in [0.15, 0.2) is 0 Å². The Bertz CT molecular complexity index is 195. The zero-order chi connectivity index (χ0) is 12.7. The lowest BCUT2D eigenvalue weighted by Crippen LogP contribution is -2.51. The Hall–Kier alpha value is -0.120. The average molecular weight is 242 g/mol. The lowest BCUT2D eigenvalue weighted by Gasteiger charge is -2.34. The highest BCUT2D eigenvalue weighted by molar-refractivity contribution is 4.79. The number of nitrogens with one attached hydrogen (secondary N) is 1. The van der Waals surface area contributed by atoms with Crippen molar-refractivity contribution < 1.29 is 4.74 Å². The van der Waals surface area contributed by atoms with Gasteiger partial charge >= 0.3 is 0 Å².